The van der Waals surface area contributed by atoms with E-state index in [1.54, 1.807) is 52.0 Å². The van der Waals surface area contributed by atoms with Crippen LogP contribution in [0.1, 0.15) is 130 Å². The molecular weight excluding hydrogens is 1010 g/mol. The average molecular weight is 1110 g/mol. The lowest BCUT2D eigenvalue weighted by Crippen LogP contribution is -1.89. The van der Waals surface area contributed by atoms with Gasteiger partial charge < -0.3 is 51.1 Å². The Morgan fingerprint density at radius 3 is 0.914 bits per heavy atom. The van der Waals surface area contributed by atoms with Crippen LogP contribution in [0.3, 0.4) is 0 Å². The van der Waals surface area contributed by atoms with Crippen molar-refractivity contribution < 1.29 is 51.1 Å². The van der Waals surface area contributed by atoms with Crippen molar-refractivity contribution in [3.8, 4) is 57.5 Å². The minimum absolute atomic E-state index is 0. The Balaban J connectivity index is 0.000000902. The maximum atomic E-state index is 9.51. The van der Waals surface area contributed by atoms with Gasteiger partial charge in [-0.15, -0.1) is 0 Å². The van der Waals surface area contributed by atoms with E-state index in [2.05, 4.69) is 6.92 Å². The fourth-order valence-corrected chi connectivity index (χ4v) is 7.68. The van der Waals surface area contributed by atoms with E-state index >= 15 is 0 Å². The lowest BCUT2D eigenvalue weighted by molar-refractivity contribution is 0.398. The van der Waals surface area contributed by atoms with Crippen molar-refractivity contribution >= 4 is 0 Å². The van der Waals surface area contributed by atoms with Gasteiger partial charge in [0.1, 0.15) is 34.5 Å². The largest absolute Gasteiger partial charge is 0.508 e. The van der Waals surface area contributed by atoms with Gasteiger partial charge in [-0.2, -0.15) is 0 Å². The predicted molar refractivity (Wildman–Crippen MR) is 339 cm³/mol. The molecule has 0 aliphatic carbocycles. The molecule has 0 heterocycles. The summed E-state index contributed by atoms with van der Waals surface area (Å²) in [5.74, 6) is 2.45. The minimum Gasteiger partial charge on any atom is -0.508 e. The number of benzene rings is 8. The van der Waals surface area contributed by atoms with Gasteiger partial charge in [-0.05, 0) is 281 Å². The third kappa shape index (κ3) is 22.4. The third-order valence-electron chi connectivity index (χ3n) is 14.0. The second-order valence-electron chi connectivity index (χ2n) is 21.0. The fourth-order valence-electron chi connectivity index (χ4n) is 7.68. The van der Waals surface area contributed by atoms with Crippen LogP contribution in [-0.2, 0) is 0 Å². The summed E-state index contributed by atoms with van der Waals surface area (Å²) < 4.78 is 0. The van der Waals surface area contributed by atoms with Crippen LogP contribution < -0.4 is 0 Å². The van der Waals surface area contributed by atoms with E-state index < -0.39 is 0 Å². The Hall–Kier alpha value is -8.24. The molecule has 0 amide bonds. The normalized spacial score (nSPS) is 9.75. The van der Waals surface area contributed by atoms with E-state index in [4.69, 9.17) is 15.3 Å². The highest BCUT2D eigenvalue weighted by molar-refractivity contribution is 5.53. The lowest BCUT2D eigenvalue weighted by atomic mass is 10.00. The lowest BCUT2D eigenvalue weighted by Gasteiger charge is -2.09. The summed E-state index contributed by atoms with van der Waals surface area (Å²) in [7, 11) is 0. The van der Waals surface area contributed by atoms with Gasteiger partial charge >= 0.3 is 0 Å². The molecule has 0 radical (unpaired) electrons. The second kappa shape index (κ2) is 33.4. The summed E-state index contributed by atoms with van der Waals surface area (Å²) in [4.78, 5) is 0. The standard InChI is InChI=1S/C10H14O.C9H12O2.3C9H12O.C8H10O2.2C8H10O.CH4/c1-6-5-7(2)10(11)9(4)8(6)3;1-5-4-6(2)8(10)9(11)7(5)3;1-6-4-8(3)9(10)5-7(6)2;1-6-4-7(2)9(10)8(3)5-6;1-6-4-5-7(2)9(10)8(6)3;1-5-3-4-6(2)8(10)7(5)9;1-6-3-4-7(2)8(9)5-6;1-6-4-3-5-7(2)8(6)9;/h5,11H,1-4H3;4,10-11H,1-3H3;3*4-5,10H,1-3H3;3-4,9-10H,1-2H3;2*3-5,9H,1-2H3;1H4. The minimum atomic E-state index is -0.0139. The second-order valence-corrected chi connectivity index (χ2v) is 21.0. The molecule has 0 fully saturated rings. The topological polar surface area (TPSA) is 202 Å². The molecule has 0 aliphatic rings. The molecule has 0 saturated carbocycles. The van der Waals surface area contributed by atoms with Gasteiger partial charge in [-0.25, -0.2) is 0 Å². The van der Waals surface area contributed by atoms with Crippen LogP contribution in [0, 0.1) is 152 Å². The van der Waals surface area contributed by atoms with E-state index in [0.717, 1.165) is 83.5 Å². The molecule has 0 aromatic heterocycles. The molecule has 10 nitrogen and oxygen atoms in total. The van der Waals surface area contributed by atoms with Crippen LogP contribution in [0.25, 0.3) is 0 Å². The number of phenolic OH excluding ortho intramolecular Hbond substituents is 10. The Bertz CT molecular complexity index is 3030. The molecule has 440 valence electrons. The van der Waals surface area contributed by atoms with E-state index in [1.807, 2.05) is 190 Å². The van der Waals surface area contributed by atoms with Crippen LogP contribution in [-0.4, -0.2) is 51.1 Å². The zero-order valence-electron chi connectivity index (χ0n) is 51.7. The quantitative estimate of drug-likeness (QED) is 0.0651. The van der Waals surface area contributed by atoms with Crippen LogP contribution in [0.4, 0.5) is 0 Å². The SMILES string of the molecule is C.Cc1cc(C)c(O)c(C)c1.Cc1cc(C)c(O)c(C)c1C.Cc1cc(C)c(O)c(O)c1C.Cc1cc(C)c(O)cc1C.Cc1ccc(C)c(O)c1.Cc1ccc(C)c(O)c1C.Cc1ccc(C)c(O)c1O.Cc1cccc(C)c1O. The molecule has 0 aliphatic heterocycles. The maximum Gasteiger partial charge on any atom is 0.160 e. The summed E-state index contributed by atoms with van der Waals surface area (Å²) in [6, 6.07) is 30.4. The summed E-state index contributed by atoms with van der Waals surface area (Å²) in [5.41, 5.74) is 21.7. The Morgan fingerprint density at radius 1 is 0.185 bits per heavy atom. The number of phenols is 10. The van der Waals surface area contributed by atoms with Gasteiger partial charge in [0.05, 0.1) is 0 Å². The van der Waals surface area contributed by atoms with Crippen LogP contribution in [0.2, 0.25) is 0 Å². The van der Waals surface area contributed by atoms with Gasteiger partial charge in [0.15, 0.2) is 23.0 Å². The monoisotopic (exact) mass is 1110 g/mol. The van der Waals surface area contributed by atoms with Crippen molar-refractivity contribution in [2.75, 3.05) is 0 Å². The molecule has 8 aromatic carbocycles. The predicted octanol–water partition coefficient (Wildman–Crippen LogP) is 18.0. The molecule has 8 rings (SSSR count). The Labute approximate surface area is 485 Å². The van der Waals surface area contributed by atoms with E-state index in [-0.39, 0.29) is 30.4 Å². The highest BCUT2D eigenvalue weighted by Gasteiger charge is 2.09. The molecule has 0 atom stereocenters. The highest BCUT2D eigenvalue weighted by Crippen LogP contribution is 2.34. The summed E-state index contributed by atoms with van der Waals surface area (Å²) >= 11 is 0. The molecule has 0 saturated heterocycles. The van der Waals surface area contributed by atoms with Crippen molar-refractivity contribution in [2.45, 2.75) is 160 Å². The van der Waals surface area contributed by atoms with Crippen LogP contribution >= 0.6 is 0 Å². The van der Waals surface area contributed by atoms with E-state index in [1.165, 1.54) is 22.3 Å². The maximum absolute atomic E-state index is 9.51. The van der Waals surface area contributed by atoms with Gasteiger partial charge in [0.2, 0.25) is 0 Å². The molecule has 0 bridgehead atoms. The number of hydrogen-bond acceptors (Lipinski definition) is 10. The molecule has 0 spiro atoms. The van der Waals surface area contributed by atoms with Gasteiger partial charge in [0.25, 0.3) is 0 Å². The summed E-state index contributed by atoms with van der Waals surface area (Å²) in [5, 5.41) is 92.6. The fraction of sp³-hybridized carbons (Fsp3) is 0.324. The smallest absolute Gasteiger partial charge is 0.160 e. The van der Waals surface area contributed by atoms with Crippen molar-refractivity contribution in [1.82, 2.24) is 0 Å². The first-order valence-electron chi connectivity index (χ1n) is 26.5. The number of hydrogen-bond donors (Lipinski definition) is 10. The first kappa shape index (κ1) is 72.8. The number of para-hydroxylation sites is 1. The number of aromatic hydroxyl groups is 10. The number of rotatable bonds is 0. The van der Waals surface area contributed by atoms with Crippen molar-refractivity contribution in [1.29, 1.82) is 0 Å². The first-order valence-corrected chi connectivity index (χ1v) is 26.5. The molecule has 10 N–H and O–H groups in total. The van der Waals surface area contributed by atoms with Crippen molar-refractivity contribution in [3.63, 3.8) is 0 Å². The van der Waals surface area contributed by atoms with Crippen molar-refractivity contribution in [3.05, 3.63) is 219 Å². The molecule has 8 aromatic rings. The van der Waals surface area contributed by atoms with Gasteiger partial charge in [-0.3, -0.25) is 0 Å². The molecule has 81 heavy (non-hydrogen) atoms. The molecule has 0 unspecified atom stereocenters. The van der Waals surface area contributed by atoms with E-state index in [9.17, 15) is 35.7 Å². The van der Waals surface area contributed by atoms with Gasteiger partial charge in [0, 0.05) is 0 Å². The van der Waals surface area contributed by atoms with Crippen molar-refractivity contribution in [2.24, 2.45) is 0 Å². The zero-order valence-corrected chi connectivity index (χ0v) is 51.7. The Kier molecular flexibility index (Phi) is 30.0. The summed E-state index contributed by atoms with van der Waals surface area (Å²) in [6.45, 7) is 42.2. The third-order valence-corrected chi connectivity index (χ3v) is 14.0. The zero-order chi connectivity index (χ0) is 61.8. The Morgan fingerprint density at radius 2 is 0.494 bits per heavy atom. The average Bonchev–Trinajstić information content (AvgIpc) is 3.40. The molecular formula is C71H96O10. The summed E-state index contributed by atoms with van der Waals surface area (Å²) in [6.07, 6.45) is 0. The van der Waals surface area contributed by atoms with Crippen LogP contribution in [0.5, 0.6) is 57.5 Å². The first-order chi connectivity index (χ1) is 37.0. The van der Waals surface area contributed by atoms with Crippen LogP contribution in [0.15, 0.2) is 97.1 Å². The van der Waals surface area contributed by atoms with E-state index in [0.29, 0.717) is 51.2 Å². The molecule has 10 heteroatoms. The number of aryl methyl sites for hydroxylation is 18. The highest BCUT2D eigenvalue weighted by atomic mass is 16.3. The van der Waals surface area contributed by atoms with Gasteiger partial charge in [-0.1, -0.05) is 97.9 Å².